The molecule has 1 saturated carbocycles. The predicted octanol–water partition coefficient (Wildman–Crippen LogP) is 1.66. The fraction of sp³-hybridized carbons (Fsp3) is 0.692. The molecule has 100 valence electrons. The lowest BCUT2D eigenvalue weighted by Gasteiger charge is -2.25. The molecule has 1 aliphatic carbocycles. The summed E-state index contributed by atoms with van der Waals surface area (Å²) in [6.07, 6.45) is 2.45. The van der Waals surface area contributed by atoms with Crippen LogP contribution in [0.25, 0.3) is 0 Å². The second-order valence-electron chi connectivity index (χ2n) is 5.16. The van der Waals surface area contributed by atoms with Crippen molar-refractivity contribution in [3.05, 3.63) is 11.4 Å². The second kappa shape index (κ2) is 4.63. The molecule has 5 heteroatoms. The van der Waals surface area contributed by atoms with Crippen molar-refractivity contribution in [2.45, 2.75) is 46.2 Å². The summed E-state index contributed by atoms with van der Waals surface area (Å²) >= 11 is 0. The van der Waals surface area contributed by atoms with E-state index in [2.05, 4.69) is 12.0 Å². The van der Waals surface area contributed by atoms with E-state index in [0.29, 0.717) is 23.8 Å². The van der Waals surface area contributed by atoms with Gasteiger partial charge in [-0.25, -0.2) is 0 Å². The number of hydrogen-bond acceptors (Lipinski definition) is 3. The van der Waals surface area contributed by atoms with Gasteiger partial charge in [0.05, 0.1) is 11.4 Å². The summed E-state index contributed by atoms with van der Waals surface area (Å²) < 4.78 is 1.70. The largest absolute Gasteiger partial charge is 0.395 e. The number of aromatic nitrogens is 2. The molecule has 18 heavy (non-hydrogen) atoms. The second-order valence-corrected chi connectivity index (χ2v) is 5.16. The molecule has 2 rings (SSSR count). The molecule has 0 bridgehead atoms. The Morgan fingerprint density at radius 3 is 2.72 bits per heavy atom. The van der Waals surface area contributed by atoms with Crippen molar-refractivity contribution in [2.75, 3.05) is 12.8 Å². The van der Waals surface area contributed by atoms with Gasteiger partial charge in [0.15, 0.2) is 0 Å². The van der Waals surface area contributed by atoms with Crippen LogP contribution in [-0.2, 0) is 6.54 Å². The van der Waals surface area contributed by atoms with E-state index in [0.717, 1.165) is 5.69 Å². The van der Waals surface area contributed by atoms with Gasteiger partial charge in [-0.1, -0.05) is 0 Å². The molecule has 0 aliphatic heterocycles. The van der Waals surface area contributed by atoms with Crippen LogP contribution in [0.15, 0.2) is 0 Å². The van der Waals surface area contributed by atoms with E-state index in [9.17, 15) is 4.79 Å². The van der Waals surface area contributed by atoms with Gasteiger partial charge in [0.1, 0.15) is 5.69 Å². The Bertz CT molecular complexity index is 462. The third-order valence-corrected chi connectivity index (χ3v) is 3.91. The monoisotopic (exact) mass is 250 g/mol. The van der Waals surface area contributed by atoms with Gasteiger partial charge in [-0.3, -0.25) is 9.48 Å². The number of carbonyl (C=O) groups is 1. The van der Waals surface area contributed by atoms with Crippen molar-refractivity contribution in [1.29, 1.82) is 0 Å². The zero-order chi connectivity index (χ0) is 13.4. The molecule has 1 heterocycles. The van der Waals surface area contributed by atoms with Crippen molar-refractivity contribution in [2.24, 2.45) is 5.92 Å². The molecular formula is C13H22N4O. The zero-order valence-corrected chi connectivity index (χ0v) is 11.6. The van der Waals surface area contributed by atoms with Gasteiger partial charge in [-0.15, -0.1) is 0 Å². The highest BCUT2D eigenvalue weighted by molar-refractivity contribution is 5.98. The Hall–Kier alpha value is -1.52. The summed E-state index contributed by atoms with van der Waals surface area (Å²) in [6, 6.07) is 0.275. The molecule has 1 fully saturated rings. The Balaban J connectivity index is 2.27. The normalized spacial score (nSPS) is 16.7. The number of nitrogen functional groups attached to an aromatic ring is 1. The van der Waals surface area contributed by atoms with E-state index >= 15 is 0 Å². The third kappa shape index (κ3) is 2.09. The average Bonchev–Trinajstić information content (AvgIpc) is 3.15. The van der Waals surface area contributed by atoms with Gasteiger partial charge >= 0.3 is 0 Å². The molecule has 0 radical (unpaired) electrons. The molecule has 0 aromatic carbocycles. The van der Waals surface area contributed by atoms with E-state index < -0.39 is 0 Å². The van der Waals surface area contributed by atoms with Gasteiger partial charge < -0.3 is 10.6 Å². The van der Waals surface area contributed by atoms with Crippen LogP contribution in [-0.4, -0.2) is 33.7 Å². The van der Waals surface area contributed by atoms with Crippen molar-refractivity contribution < 1.29 is 4.79 Å². The van der Waals surface area contributed by atoms with Crippen LogP contribution in [0.5, 0.6) is 0 Å². The maximum absolute atomic E-state index is 12.5. The fourth-order valence-electron chi connectivity index (χ4n) is 2.30. The van der Waals surface area contributed by atoms with Crippen LogP contribution in [0, 0.1) is 12.8 Å². The van der Waals surface area contributed by atoms with Crippen molar-refractivity contribution in [1.82, 2.24) is 14.7 Å². The van der Waals surface area contributed by atoms with Crippen LogP contribution < -0.4 is 5.73 Å². The summed E-state index contributed by atoms with van der Waals surface area (Å²) in [5.74, 6) is 0.633. The van der Waals surface area contributed by atoms with Gasteiger partial charge in [0.2, 0.25) is 0 Å². The first-order valence-electron chi connectivity index (χ1n) is 6.57. The number of aryl methyl sites for hydroxylation is 2. The Morgan fingerprint density at radius 1 is 1.61 bits per heavy atom. The standard InChI is InChI=1S/C13H22N4O/c1-5-17-12(11(14)8(2)15-17)13(18)16(4)9(3)10-6-7-10/h9-10H,5-7,14H2,1-4H3. The number of nitrogens with two attached hydrogens (primary N) is 1. The van der Waals surface area contributed by atoms with Crippen molar-refractivity contribution in [3.8, 4) is 0 Å². The molecule has 1 aliphatic rings. The molecule has 1 amide bonds. The van der Waals surface area contributed by atoms with Gasteiger partial charge in [-0.2, -0.15) is 5.10 Å². The molecule has 1 aromatic rings. The van der Waals surface area contributed by atoms with Crippen LogP contribution >= 0.6 is 0 Å². The number of amides is 1. The highest BCUT2D eigenvalue weighted by atomic mass is 16.2. The quantitative estimate of drug-likeness (QED) is 0.884. The highest BCUT2D eigenvalue weighted by Gasteiger charge is 2.34. The van der Waals surface area contributed by atoms with Gasteiger partial charge in [0, 0.05) is 19.6 Å². The van der Waals surface area contributed by atoms with E-state index in [1.54, 1.807) is 9.58 Å². The topological polar surface area (TPSA) is 64.2 Å². The summed E-state index contributed by atoms with van der Waals surface area (Å²) in [5, 5.41) is 4.30. The van der Waals surface area contributed by atoms with E-state index in [1.807, 2.05) is 20.9 Å². The first-order valence-corrected chi connectivity index (χ1v) is 6.57. The zero-order valence-electron chi connectivity index (χ0n) is 11.6. The number of rotatable bonds is 4. The number of anilines is 1. The number of carbonyl (C=O) groups excluding carboxylic acids is 1. The lowest BCUT2D eigenvalue weighted by Crippen LogP contribution is -2.37. The molecule has 2 N–H and O–H groups in total. The maximum atomic E-state index is 12.5. The minimum atomic E-state index is -0.0191. The van der Waals surface area contributed by atoms with E-state index in [1.165, 1.54) is 12.8 Å². The lowest BCUT2D eigenvalue weighted by atomic mass is 10.1. The van der Waals surface area contributed by atoms with Crippen LogP contribution in [0.3, 0.4) is 0 Å². The first kappa shape index (κ1) is 12.9. The smallest absolute Gasteiger partial charge is 0.274 e. The molecule has 0 spiro atoms. The highest BCUT2D eigenvalue weighted by Crippen LogP contribution is 2.35. The van der Waals surface area contributed by atoms with Gasteiger partial charge in [-0.05, 0) is 39.5 Å². The molecular weight excluding hydrogens is 228 g/mol. The lowest BCUT2D eigenvalue weighted by molar-refractivity contribution is 0.0716. The van der Waals surface area contributed by atoms with Crippen molar-refractivity contribution >= 4 is 11.6 Å². The average molecular weight is 250 g/mol. The minimum absolute atomic E-state index is 0.0191. The molecule has 1 unspecified atom stereocenters. The molecule has 5 nitrogen and oxygen atoms in total. The van der Waals surface area contributed by atoms with Crippen LogP contribution in [0.2, 0.25) is 0 Å². The van der Waals surface area contributed by atoms with Crippen molar-refractivity contribution in [3.63, 3.8) is 0 Å². The van der Waals surface area contributed by atoms with Gasteiger partial charge in [0.25, 0.3) is 5.91 Å². The first-order chi connectivity index (χ1) is 8.47. The Morgan fingerprint density at radius 2 is 2.22 bits per heavy atom. The summed E-state index contributed by atoms with van der Waals surface area (Å²) in [6.45, 7) is 6.56. The van der Waals surface area contributed by atoms with Crippen LogP contribution in [0.4, 0.5) is 5.69 Å². The predicted molar refractivity (Wildman–Crippen MR) is 71.3 cm³/mol. The van der Waals surface area contributed by atoms with E-state index in [4.69, 9.17) is 5.73 Å². The summed E-state index contributed by atoms with van der Waals surface area (Å²) in [4.78, 5) is 14.3. The summed E-state index contributed by atoms with van der Waals surface area (Å²) in [7, 11) is 1.85. The minimum Gasteiger partial charge on any atom is -0.395 e. The third-order valence-electron chi connectivity index (χ3n) is 3.91. The Kier molecular flexibility index (Phi) is 3.32. The Labute approximate surface area is 108 Å². The van der Waals surface area contributed by atoms with Crippen LogP contribution in [0.1, 0.15) is 42.9 Å². The number of hydrogen-bond donors (Lipinski definition) is 1. The molecule has 1 aromatic heterocycles. The molecule has 1 atom stereocenters. The maximum Gasteiger partial charge on any atom is 0.274 e. The number of nitrogens with zero attached hydrogens (tertiary/aromatic N) is 3. The fourth-order valence-corrected chi connectivity index (χ4v) is 2.30. The van der Waals surface area contributed by atoms with E-state index in [-0.39, 0.29) is 11.9 Å². The summed E-state index contributed by atoms with van der Waals surface area (Å²) in [5.41, 5.74) is 7.75. The SMILES string of the molecule is CCn1nc(C)c(N)c1C(=O)N(C)C(C)C1CC1. The molecule has 0 saturated heterocycles.